The maximum absolute atomic E-state index is 13.9. The van der Waals surface area contributed by atoms with E-state index in [0.29, 0.717) is 16.9 Å². The SMILES string of the molecule is COC(=O)c1ccc(N(Cc2ccc(NC(C)=O)cc2)C(=O)c2ccc(OC(C)=O)cc2OC(C)=O)cc1. The van der Waals surface area contributed by atoms with Crippen molar-refractivity contribution in [2.75, 3.05) is 17.3 Å². The number of rotatable bonds is 8. The predicted octanol–water partition coefficient (Wildman–Crippen LogP) is 4.13. The Hall–Kier alpha value is -4.99. The maximum atomic E-state index is 13.9. The topological polar surface area (TPSA) is 128 Å². The highest BCUT2D eigenvalue weighted by Gasteiger charge is 2.24. The molecule has 10 heteroatoms. The number of ether oxygens (including phenoxy) is 3. The molecule has 38 heavy (non-hydrogen) atoms. The summed E-state index contributed by atoms with van der Waals surface area (Å²) in [5.74, 6) is -2.48. The molecule has 196 valence electrons. The number of amides is 2. The molecule has 0 spiro atoms. The molecule has 0 aromatic heterocycles. The van der Waals surface area contributed by atoms with E-state index >= 15 is 0 Å². The lowest BCUT2D eigenvalue weighted by molar-refractivity contribution is -0.132. The molecular weight excluding hydrogens is 492 g/mol. The van der Waals surface area contributed by atoms with Crippen LogP contribution in [0.2, 0.25) is 0 Å². The second-order valence-corrected chi connectivity index (χ2v) is 8.15. The first-order valence-corrected chi connectivity index (χ1v) is 11.4. The molecule has 0 radical (unpaired) electrons. The average molecular weight is 519 g/mol. The Kier molecular flexibility index (Phi) is 8.94. The molecule has 3 rings (SSSR count). The van der Waals surface area contributed by atoms with E-state index in [1.165, 1.54) is 63.1 Å². The molecule has 1 N–H and O–H groups in total. The Morgan fingerprint density at radius 3 is 1.97 bits per heavy atom. The molecule has 0 heterocycles. The van der Waals surface area contributed by atoms with Gasteiger partial charge in [-0.2, -0.15) is 0 Å². The van der Waals surface area contributed by atoms with E-state index < -0.39 is 23.8 Å². The van der Waals surface area contributed by atoms with Crippen LogP contribution in [0.25, 0.3) is 0 Å². The lowest BCUT2D eigenvalue weighted by atomic mass is 10.1. The molecule has 3 aromatic carbocycles. The van der Waals surface area contributed by atoms with Gasteiger partial charge in [-0.1, -0.05) is 12.1 Å². The van der Waals surface area contributed by atoms with Crippen LogP contribution in [-0.4, -0.2) is 36.8 Å². The molecule has 0 saturated carbocycles. The predicted molar refractivity (Wildman–Crippen MR) is 138 cm³/mol. The number of hydrogen-bond acceptors (Lipinski definition) is 8. The molecular formula is C28H26N2O8. The van der Waals surface area contributed by atoms with E-state index in [1.807, 2.05) is 0 Å². The summed E-state index contributed by atoms with van der Waals surface area (Å²) >= 11 is 0. The van der Waals surface area contributed by atoms with Crippen LogP contribution in [0, 0.1) is 0 Å². The van der Waals surface area contributed by atoms with Gasteiger partial charge in [0.1, 0.15) is 11.5 Å². The van der Waals surface area contributed by atoms with E-state index in [4.69, 9.17) is 14.2 Å². The average Bonchev–Trinajstić information content (AvgIpc) is 2.86. The van der Waals surface area contributed by atoms with Crippen molar-refractivity contribution in [3.8, 4) is 11.5 Å². The van der Waals surface area contributed by atoms with E-state index in [9.17, 15) is 24.0 Å². The van der Waals surface area contributed by atoms with Crippen LogP contribution in [0.5, 0.6) is 11.5 Å². The summed E-state index contributed by atoms with van der Waals surface area (Å²) in [6.07, 6.45) is 0. The molecule has 2 amide bonds. The number of carbonyl (C=O) groups is 5. The Labute approximate surface area is 219 Å². The van der Waals surface area contributed by atoms with Gasteiger partial charge in [-0.3, -0.25) is 19.2 Å². The van der Waals surface area contributed by atoms with Gasteiger partial charge in [0.05, 0.1) is 24.8 Å². The Balaban J connectivity index is 2.04. The van der Waals surface area contributed by atoms with Crippen molar-refractivity contribution in [1.82, 2.24) is 0 Å². The van der Waals surface area contributed by atoms with Crippen molar-refractivity contribution < 1.29 is 38.2 Å². The number of nitrogens with zero attached hydrogens (tertiary/aromatic N) is 1. The molecule has 10 nitrogen and oxygen atoms in total. The fraction of sp³-hybridized carbons (Fsp3) is 0.179. The van der Waals surface area contributed by atoms with Crippen LogP contribution in [0.3, 0.4) is 0 Å². The van der Waals surface area contributed by atoms with Crippen molar-refractivity contribution in [2.45, 2.75) is 27.3 Å². The summed E-state index contributed by atoms with van der Waals surface area (Å²) in [4.78, 5) is 61.6. The lowest BCUT2D eigenvalue weighted by Gasteiger charge is -2.24. The summed E-state index contributed by atoms with van der Waals surface area (Å²) in [6.45, 7) is 3.91. The van der Waals surface area contributed by atoms with Crippen LogP contribution in [-0.2, 0) is 25.7 Å². The Morgan fingerprint density at radius 2 is 1.42 bits per heavy atom. The smallest absolute Gasteiger partial charge is 0.337 e. The molecule has 0 aliphatic heterocycles. The Bertz CT molecular complexity index is 1360. The number of nitrogens with one attached hydrogen (secondary N) is 1. The van der Waals surface area contributed by atoms with E-state index in [-0.39, 0.29) is 29.5 Å². The molecule has 0 fully saturated rings. The quantitative estimate of drug-likeness (QED) is 0.348. The third kappa shape index (κ3) is 7.26. The monoisotopic (exact) mass is 518 g/mol. The fourth-order valence-corrected chi connectivity index (χ4v) is 3.55. The fourth-order valence-electron chi connectivity index (χ4n) is 3.55. The van der Waals surface area contributed by atoms with Crippen LogP contribution < -0.4 is 19.7 Å². The number of carbonyl (C=O) groups excluding carboxylic acids is 5. The van der Waals surface area contributed by atoms with E-state index in [2.05, 4.69) is 5.32 Å². The summed E-state index contributed by atoms with van der Waals surface area (Å²) in [6, 6.07) is 17.3. The van der Waals surface area contributed by atoms with E-state index in [0.717, 1.165) is 5.56 Å². The molecule has 0 atom stereocenters. The first-order chi connectivity index (χ1) is 18.1. The molecule has 0 aliphatic carbocycles. The molecule has 0 unspecified atom stereocenters. The molecule has 0 bridgehead atoms. The number of benzene rings is 3. The maximum Gasteiger partial charge on any atom is 0.337 e. The van der Waals surface area contributed by atoms with Gasteiger partial charge in [-0.05, 0) is 54.1 Å². The first kappa shape index (κ1) is 27.6. The van der Waals surface area contributed by atoms with E-state index in [1.54, 1.807) is 36.4 Å². The zero-order valence-corrected chi connectivity index (χ0v) is 21.3. The Morgan fingerprint density at radius 1 is 0.789 bits per heavy atom. The summed E-state index contributed by atoms with van der Waals surface area (Å²) in [7, 11) is 1.27. The van der Waals surface area contributed by atoms with Gasteiger partial charge in [0.2, 0.25) is 5.91 Å². The van der Waals surface area contributed by atoms with Crippen LogP contribution >= 0.6 is 0 Å². The second kappa shape index (κ2) is 12.3. The largest absolute Gasteiger partial charge is 0.465 e. The zero-order valence-electron chi connectivity index (χ0n) is 21.3. The van der Waals surface area contributed by atoms with Crippen molar-refractivity contribution >= 4 is 41.1 Å². The molecule has 0 saturated heterocycles. The van der Waals surface area contributed by atoms with Crippen molar-refractivity contribution in [3.05, 3.63) is 83.4 Å². The van der Waals surface area contributed by atoms with Gasteiger partial charge in [-0.15, -0.1) is 0 Å². The number of anilines is 2. The van der Waals surface area contributed by atoms with Crippen LogP contribution in [0.15, 0.2) is 66.7 Å². The van der Waals surface area contributed by atoms with Gasteiger partial charge in [-0.25, -0.2) is 4.79 Å². The summed E-state index contributed by atoms with van der Waals surface area (Å²) < 4.78 is 15.1. The van der Waals surface area contributed by atoms with Crippen LogP contribution in [0.4, 0.5) is 11.4 Å². The van der Waals surface area contributed by atoms with Crippen molar-refractivity contribution in [3.63, 3.8) is 0 Å². The zero-order chi connectivity index (χ0) is 27.8. The number of methoxy groups -OCH3 is 1. The highest BCUT2D eigenvalue weighted by molar-refractivity contribution is 6.08. The van der Waals surface area contributed by atoms with Gasteiger partial charge < -0.3 is 24.4 Å². The standard InChI is InChI=1S/C28H26N2O8/c1-17(31)29-22-9-5-20(6-10-22)16-30(23-11-7-21(8-12-23)28(35)36-4)27(34)25-14-13-24(37-18(2)32)15-26(25)38-19(3)33/h5-15H,16H2,1-4H3,(H,29,31). The third-order valence-electron chi connectivity index (χ3n) is 5.16. The van der Waals surface area contributed by atoms with Gasteiger partial charge in [0.15, 0.2) is 0 Å². The lowest BCUT2D eigenvalue weighted by Crippen LogP contribution is -2.31. The van der Waals surface area contributed by atoms with Gasteiger partial charge >= 0.3 is 17.9 Å². The van der Waals surface area contributed by atoms with Crippen molar-refractivity contribution in [1.29, 1.82) is 0 Å². The molecule has 0 aliphatic rings. The van der Waals surface area contributed by atoms with Crippen molar-refractivity contribution in [2.24, 2.45) is 0 Å². The highest BCUT2D eigenvalue weighted by atomic mass is 16.5. The molecule has 3 aromatic rings. The first-order valence-electron chi connectivity index (χ1n) is 11.4. The highest BCUT2D eigenvalue weighted by Crippen LogP contribution is 2.30. The summed E-state index contributed by atoms with van der Waals surface area (Å²) in [5.41, 5.74) is 2.12. The van der Waals surface area contributed by atoms with Crippen LogP contribution in [0.1, 0.15) is 47.1 Å². The second-order valence-electron chi connectivity index (χ2n) is 8.15. The minimum Gasteiger partial charge on any atom is -0.465 e. The number of hydrogen-bond donors (Lipinski definition) is 1. The van der Waals surface area contributed by atoms with Gasteiger partial charge in [0, 0.05) is 38.2 Å². The normalized spacial score (nSPS) is 10.2. The van der Waals surface area contributed by atoms with Gasteiger partial charge in [0.25, 0.3) is 5.91 Å². The number of esters is 3. The minimum absolute atomic E-state index is 0.0445. The third-order valence-corrected chi connectivity index (χ3v) is 5.16. The minimum atomic E-state index is -0.665. The summed E-state index contributed by atoms with van der Waals surface area (Å²) in [5, 5.41) is 2.68.